The van der Waals surface area contributed by atoms with Gasteiger partial charge in [0.15, 0.2) is 5.41 Å². The maximum atomic E-state index is 12.2. The molecule has 0 aliphatic carbocycles. The zero-order valence-corrected chi connectivity index (χ0v) is 12.0. The molecular formula is C15H22O4. The van der Waals surface area contributed by atoms with Crippen molar-refractivity contribution in [1.29, 1.82) is 0 Å². The van der Waals surface area contributed by atoms with E-state index in [1.54, 1.807) is 13.8 Å². The number of allylic oxidation sites excluding steroid dienone is 1. The van der Waals surface area contributed by atoms with Crippen LogP contribution in [0.4, 0.5) is 0 Å². The quantitative estimate of drug-likeness (QED) is 0.293. The number of hydrogen-bond acceptors (Lipinski definition) is 4. The molecule has 0 atom stereocenters. The monoisotopic (exact) mass is 266 g/mol. The Labute approximate surface area is 115 Å². The van der Waals surface area contributed by atoms with Gasteiger partial charge >= 0.3 is 11.9 Å². The highest BCUT2D eigenvalue weighted by molar-refractivity contribution is 6.00. The fourth-order valence-corrected chi connectivity index (χ4v) is 1.70. The third kappa shape index (κ3) is 4.44. The second-order valence-corrected chi connectivity index (χ2v) is 4.18. The topological polar surface area (TPSA) is 52.6 Å². The molecule has 0 aromatic heterocycles. The lowest BCUT2D eigenvalue weighted by molar-refractivity contribution is -0.171. The van der Waals surface area contributed by atoms with Crippen molar-refractivity contribution in [2.75, 3.05) is 13.2 Å². The minimum atomic E-state index is -1.46. The van der Waals surface area contributed by atoms with E-state index in [0.717, 1.165) is 5.57 Å². The van der Waals surface area contributed by atoms with E-state index in [1.807, 2.05) is 6.92 Å². The zero-order chi connectivity index (χ0) is 14.9. The fraction of sp³-hybridized carbons (Fsp3) is 0.600. The summed E-state index contributed by atoms with van der Waals surface area (Å²) in [5, 5.41) is 0. The summed E-state index contributed by atoms with van der Waals surface area (Å²) in [5.74, 6) is 1.10. The molecule has 0 bridgehead atoms. The number of ether oxygens (including phenoxy) is 2. The predicted molar refractivity (Wildman–Crippen MR) is 73.2 cm³/mol. The first-order chi connectivity index (χ1) is 8.98. The number of esters is 2. The van der Waals surface area contributed by atoms with Crippen LogP contribution in [-0.2, 0) is 19.1 Å². The molecule has 0 amide bonds. The molecule has 4 nitrogen and oxygen atoms in total. The lowest BCUT2D eigenvalue weighted by atomic mass is 9.78. The van der Waals surface area contributed by atoms with Crippen molar-refractivity contribution < 1.29 is 19.1 Å². The summed E-state index contributed by atoms with van der Waals surface area (Å²) in [7, 11) is 0. The van der Waals surface area contributed by atoms with Crippen LogP contribution in [0.5, 0.6) is 0 Å². The van der Waals surface area contributed by atoms with E-state index in [-0.39, 0.29) is 26.1 Å². The highest BCUT2D eigenvalue weighted by atomic mass is 16.6. The lowest BCUT2D eigenvalue weighted by Gasteiger charge is -2.28. The van der Waals surface area contributed by atoms with Crippen LogP contribution < -0.4 is 0 Å². The van der Waals surface area contributed by atoms with Gasteiger partial charge in [-0.05, 0) is 26.7 Å². The molecule has 0 unspecified atom stereocenters. The summed E-state index contributed by atoms with van der Waals surface area (Å²) < 4.78 is 9.99. The number of terminal acetylenes is 1. The smallest absolute Gasteiger partial charge is 0.324 e. The Balaban J connectivity index is 5.46. The van der Waals surface area contributed by atoms with Crippen LogP contribution in [0.3, 0.4) is 0 Å². The molecule has 0 saturated heterocycles. The van der Waals surface area contributed by atoms with Crippen molar-refractivity contribution in [3.63, 3.8) is 0 Å². The fourth-order valence-electron chi connectivity index (χ4n) is 1.70. The molecule has 4 heteroatoms. The maximum absolute atomic E-state index is 12.2. The summed E-state index contributed by atoms with van der Waals surface area (Å²) in [5.41, 5.74) is -0.704. The van der Waals surface area contributed by atoms with Gasteiger partial charge in [0.1, 0.15) is 0 Å². The van der Waals surface area contributed by atoms with Crippen LogP contribution in [0.1, 0.15) is 40.0 Å². The SMILES string of the molecule is C#CCC(CC(=C)CC)(C(=O)OCC)C(=O)OCC. The van der Waals surface area contributed by atoms with Crippen molar-refractivity contribution >= 4 is 11.9 Å². The van der Waals surface area contributed by atoms with Gasteiger partial charge in [-0.1, -0.05) is 19.1 Å². The van der Waals surface area contributed by atoms with Gasteiger partial charge in [0.05, 0.1) is 13.2 Å². The van der Waals surface area contributed by atoms with Crippen LogP contribution in [-0.4, -0.2) is 25.2 Å². The van der Waals surface area contributed by atoms with Crippen molar-refractivity contribution in [3.05, 3.63) is 12.2 Å². The second-order valence-electron chi connectivity index (χ2n) is 4.18. The summed E-state index contributed by atoms with van der Waals surface area (Å²) >= 11 is 0. The van der Waals surface area contributed by atoms with E-state index >= 15 is 0 Å². The minimum absolute atomic E-state index is 0.0519. The van der Waals surface area contributed by atoms with Crippen molar-refractivity contribution in [3.8, 4) is 12.3 Å². The van der Waals surface area contributed by atoms with Crippen LogP contribution in [0.15, 0.2) is 12.2 Å². The van der Waals surface area contributed by atoms with Gasteiger partial charge in [-0.15, -0.1) is 12.3 Å². The summed E-state index contributed by atoms with van der Waals surface area (Å²) in [6.45, 7) is 9.47. The first kappa shape index (κ1) is 17.2. The van der Waals surface area contributed by atoms with Gasteiger partial charge in [0.2, 0.25) is 0 Å². The van der Waals surface area contributed by atoms with Crippen LogP contribution >= 0.6 is 0 Å². The average Bonchev–Trinajstić information content (AvgIpc) is 2.38. The van der Waals surface area contributed by atoms with Crippen LogP contribution in [0.2, 0.25) is 0 Å². The van der Waals surface area contributed by atoms with Crippen LogP contribution in [0.25, 0.3) is 0 Å². The van der Waals surface area contributed by atoms with Crippen molar-refractivity contribution in [2.24, 2.45) is 5.41 Å². The van der Waals surface area contributed by atoms with E-state index in [9.17, 15) is 9.59 Å². The molecule has 106 valence electrons. The minimum Gasteiger partial charge on any atom is -0.465 e. The van der Waals surface area contributed by atoms with E-state index in [0.29, 0.717) is 6.42 Å². The second kappa shape index (κ2) is 8.36. The molecule has 0 saturated carbocycles. The summed E-state index contributed by atoms with van der Waals surface area (Å²) in [4.78, 5) is 24.3. The first-order valence-corrected chi connectivity index (χ1v) is 6.43. The van der Waals surface area contributed by atoms with Crippen LogP contribution in [0, 0.1) is 17.8 Å². The number of carbonyl (C=O) groups excluding carboxylic acids is 2. The molecule has 0 aromatic rings. The van der Waals surface area contributed by atoms with Crippen molar-refractivity contribution in [1.82, 2.24) is 0 Å². The van der Waals surface area contributed by atoms with Crippen molar-refractivity contribution in [2.45, 2.75) is 40.0 Å². The Hall–Kier alpha value is -1.76. The molecule has 0 spiro atoms. The highest BCUT2D eigenvalue weighted by Gasteiger charge is 2.48. The molecule has 0 heterocycles. The summed E-state index contributed by atoms with van der Waals surface area (Å²) in [6, 6.07) is 0. The molecule has 19 heavy (non-hydrogen) atoms. The number of carbonyl (C=O) groups is 2. The zero-order valence-electron chi connectivity index (χ0n) is 12.0. The Morgan fingerprint density at radius 3 is 1.95 bits per heavy atom. The van der Waals surface area contributed by atoms with Gasteiger partial charge in [0.25, 0.3) is 0 Å². The number of hydrogen-bond donors (Lipinski definition) is 0. The molecule has 0 N–H and O–H groups in total. The molecule has 0 fully saturated rings. The first-order valence-electron chi connectivity index (χ1n) is 6.43. The van der Waals surface area contributed by atoms with E-state index < -0.39 is 17.4 Å². The van der Waals surface area contributed by atoms with E-state index in [1.165, 1.54) is 0 Å². The molecular weight excluding hydrogens is 244 g/mol. The normalized spacial score (nSPS) is 10.4. The summed E-state index contributed by atoms with van der Waals surface area (Å²) in [6.07, 6.45) is 6.07. The standard InChI is InChI=1S/C15H22O4/c1-6-10-15(11-12(5)7-2,13(16)18-8-3)14(17)19-9-4/h1H,5,7-11H2,2-4H3. The highest BCUT2D eigenvalue weighted by Crippen LogP contribution is 2.34. The number of rotatable bonds is 8. The molecule has 0 aliphatic rings. The molecule has 0 aromatic carbocycles. The van der Waals surface area contributed by atoms with Gasteiger partial charge in [-0.3, -0.25) is 9.59 Å². The van der Waals surface area contributed by atoms with E-state index in [4.69, 9.17) is 15.9 Å². The van der Waals surface area contributed by atoms with Gasteiger partial charge in [-0.2, -0.15) is 0 Å². The van der Waals surface area contributed by atoms with Gasteiger partial charge in [-0.25, -0.2) is 0 Å². The van der Waals surface area contributed by atoms with Gasteiger partial charge < -0.3 is 9.47 Å². The Bertz CT molecular complexity index is 358. The van der Waals surface area contributed by atoms with Gasteiger partial charge in [0, 0.05) is 6.42 Å². The largest absolute Gasteiger partial charge is 0.465 e. The third-order valence-corrected chi connectivity index (χ3v) is 2.79. The third-order valence-electron chi connectivity index (χ3n) is 2.79. The maximum Gasteiger partial charge on any atom is 0.324 e. The Morgan fingerprint density at radius 1 is 1.16 bits per heavy atom. The lowest BCUT2D eigenvalue weighted by Crippen LogP contribution is -2.42. The average molecular weight is 266 g/mol. The predicted octanol–water partition coefficient (Wildman–Crippen LogP) is 2.48. The molecule has 0 aliphatic heterocycles. The van der Waals surface area contributed by atoms with E-state index in [2.05, 4.69) is 12.5 Å². The Kier molecular flexibility index (Phi) is 7.59. The Morgan fingerprint density at radius 2 is 1.63 bits per heavy atom. The molecule has 0 radical (unpaired) electrons. The molecule has 0 rings (SSSR count).